The first-order valence-electron chi connectivity index (χ1n) is 8.19. The van der Waals surface area contributed by atoms with Gasteiger partial charge in [0.2, 0.25) is 0 Å². The number of rotatable bonds is 9. The summed E-state index contributed by atoms with van der Waals surface area (Å²) in [5, 5.41) is 2.07. The second kappa shape index (κ2) is 8.56. The Morgan fingerprint density at radius 3 is 2.57 bits per heavy atom. The van der Waals surface area contributed by atoms with Gasteiger partial charge in [0, 0.05) is 29.8 Å². The van der Waals surface area contributed by atoms with Crippen molar-refractivity contribution in [3.05, 3.63) is 42.2 Å². The number of aromatic nitrogens is 1. The summed E-state index contributed by atoms with van der Waals surface area (Å²) in [7, 11) is 0. The molecule has 0 aliphatic heterocycles. The molecule has 0 atom stereocenters. The van der Waals surface area contributed by atoms with Crippen LogP contribution in [0.2, 0.25) is 0 Å². The highest BCUT2D eigenvalue weighted by Gasteiger charge is 2.09. The molecule has 0 saturated carbocycles. The molecule has 0 radical (unpaired) electrons. The smallest absolute Gasteiger partial charge is 0.163 e. The molecule has 0 saturated heterocycles. The average molecular weight is 283 g/mol. The minimum atomic E-state index is 0.252. The topological polar surface area (TPSA) is 30.0 Å². The number of carbonyl (C=O) groups is 1. The number of benzene rings is 1. The SMILES string of the molecule is CCCCCCCCCC(=O)c1cccc2ccncc12. The molecule has 112 valence electrons. The largest absolute Gasteiger partial charge is 0.294 e. The van der Waals surface area contributed by atoms with E-state index >= 15 is 0 Å². The number of Topliss-reactive ketones (excluding diaryl/α,β-unsaturated/α-hetero) is 1. The Morgan fingerprint density at radius 2 is 1.76 bits per heavy atom. The van der Waals surface area contributed by atoms with Crippen LogP contribution in [0.1, 0.15) is 68.6 Å². The van der Waals surface area contributed by atoms with Crippen LogP contribution in [-0.4, -0.2) is 10.8 Å². The van der Waals surface area contributed by atoms with E-state index in [4.69, 9.17) is 0 Å². The molecule has 0 bridgehead atoms. The van der Waals surface area contributed by atoms with Gasteiger partial charge in [-0.15, -0.1) is 0 Å². The van der Waals surface area contributed by atoms with Crippen molar-refractivity contribution in [2.24, 2.45) is 0 Å². The molecule has 0 aliphatic rings. The molecule has 0 unspecified atom stereocenters. The van der Waals surface area contributed by atoms with Gasteiger partial charge in [-0.25, -0.2) is 0 Å². The zero-order valence-electron chi connectivity index (χ0n) is 13.0. The number of pyridine rings is 1. The standard InChI is InChI=1S/C19H25NO/c1-2-3-4-5-6-7-8-12-19(21)17-11-9-10-16-13-14-20-15-18(16)17/h9-11,13-15H,2-8,12H2,1H3. The molecular weight excluding hydrogens is 258 g/mol. The molecule has 0 aliphatic carbocycles. The monoisotopic (exact) mass is 283 g/mol. The first-order valence-corrected chi connectivity index (χ1v) is 8.19. The van der Waals surface area contributed by atoms with E-state index in [1.54, 1.807) is 12.4 Å². The van der Waals surface area contributed by atoms with Crippen LogP contribution in [0.5, 0.6) is 0 Å². The van der Waals surface area contributed by atoms with E-state index < -0.39 is 0 Å². The van der Waals surface area contributed by atoms with Crippen molar-refractivity contribution >= 4 is 16.6 Å². The molecule has 0 N–H and O–H groups in total. The number of unbranched alkanes of at least 4 members (excludes halogenated alkanes) is 6. The van der Waals surface area contributed by atoms with Crippen LogP contribution in [0.3, 0.4) is 0 Å². The van der Waals surface area contributed by atoms with E-state index in [2.05, 4.69) is 11.9 Å². The fourth-order valence-electron chi connectivity index (χ4n) is 2.73. The number of hydrogen-bond acceptors (Lipinski definition) is 2. The molecule has 0 amide bonds. The van der Waals surface area contributed by atoms with Crippen LogP contribution in [0.15, 0.2) is 36.7 Å². The number of fused-ring (bicyclic) bond motifs is 1. The Kier molecular flexibility index (Phi) is 6.39. The van der Waals surface area contributed by atoms with Gasteiger partial charge < -0.3 is 0 Å². The maximum Gasteiger partial charge on any atom is 0.163 e. The van der Waals surface area contributed by atoms with Crippen molar-refractivity contribution in [1.82, 2.24) is 4.98 Å². The summed E-state index contributed by atoms with van der Waals surface area (Å²) in [4.78, 5) is 16.5. The lowest BCUT2D eigenvalue weighted by Crippen LogP contribution is -2.00. The van der Waals surface area contributed by atoms with Gasteiger partial charge in [0.25, 0.3) is 0 Å². The van der Waals surface area contributed by atoms with Crippen LogP contribution >= 0.6 is 0 Å². The van der Waals surface area contributed by atoms with Gasteiger partial charge in [-0.3, -0.25) is 9.78 Å². The van der Waals surface area contributed by atoms with Gasteiger partial charge in [-0.05, 0) is 17.9 Å². The van der Waals surface area contributed by atoms with E-state index in [9.17, 15) is 4.79 Å². The lowest BCUT2D eigenvalue weighted by Gasteiger charge is -2.05. The summed E-state index contributed by atoms with van der Waals surface area (Å²) >= 11 is 0. The molecule has 2 rings (SSSR count). The zero-order chi connectivity index (χ0) is 14.9. The fraction of sp³-hybridized carbons (Fsp3) is 0.474. The van der Waals surface area contributed by atoms with Crippen molar-refractivity contribution < 1.29 is 4.79 Å². The number of carbonyl (C=O) groups excluding carboxylic acids is 1. The van der Waals surface area contributed by atoms with Gasteiger partial charge in [-0.2, -0.15) is 0 Å². The quantitative estimate of drug-likeness (QED) is 0.445. The Morgan fingerprint density at radius 1 is 1.00 bits per heavy atom. The zero-order valence-corrected chi connectivity index (χ0v) is 13.0. The summed E-state index contributed by atoms with van der Waals surface area (Å²) in [6.07, 6.45) is 12.9. The minimum absolute atomic E-state index is 0.252. The summed E-state index contributed by atoms with van der Waals surface area (Å²) in [6.45, 7) is 2.23. The average Bonchev–Trinajstić information content (AvgIpc) is 2.53. The predicted octanol–water partition coefficient (Wildman–Crippen LogP) is 5.56. The molecule has 1 heterocycles. The Bertz CT molecular complexity index is 571. The minimum Gasteiger partial charge on any atom is -0.294 e. The van der Waals surface area contributed by atoms with Crippen molar-refractivity contribution in [2.45, 2.75) is 58.3 Å². The number of ketones is 1. The second-order valence-electron chi connectivity index (χ2n) is 5.70. The lowest BCUT2D eigenvalue weighted by atomic mass is 9.99. The third-order valence-electron chi connectivity index (χ3n) is 3.99. The van der Waals surface area contributed by atoms with Crippen molar-refractivity contribution in [3.8, 4) is 0 Å². The van der Waals surface area contributed by atoms with Crippen LogP contribution in [0.25, 0.3) is 10.8 Å². The fourth-order valence-corrected chi connectivity index (χ4v) is 2.73. The molecule has 21 heavy (non-hydrogen) atoms. The Balaban J connectivity index is 1.83. The van der Waals surface area contributed by atoms with E-state index in [1.165, 1.54) is 38.5 Å². The summed E-state index contributed by atoms with van der Waals surface area (Å²) in [5.74, 6) is 0.252. The van der Waals surface area contributed by atoms with E-state index in [1.807, 2.05) is 24.3 Å². The highest BCUT2D eigenvalue weighted by Crippen LogP contribution is 2.20. The number of hydrogen-bond donors (Lipinski definition) is 0. The van der Waals surface area contributed by atoms with Crippen molar-refractivity contribution in [3.63, 3.8) is 0 Å². The summed E-state index contributed by atoms with van der Waals surface area (Å²) in [6, 6.07) is 7.87. The van der Waals surface area contributed by atoms with E-state index in [0.717, 1.165) is 22.8 Å². The van der Waals surface area contributed by atoms with Crippen molar-refractivity contribution in [2.75, 3.05) is 0 Å². The van der Waals surface area contributed by atoms with Gasteiger partial charge in [0.15, 0.2) is 5.78 Å². The molecular formula is C19H25NO. The Labute approximate surface area is 127 Å². The Hall–Kier alpha value is -1.70. The molecule has 1 aromatic heterocycles. The maximum absolute atomic E-state index is 12.4. The molecule has 2 aromatic rings. The number of nitrogens with zero attached hydrogens (tertiary/aromatic N) is 1. The third-order valence-corrected chi connectivity index (χ3v) is 3.99. The highest BCUT2D eigenvalue weighted by molar-refractivity contribution is 6.07. The van der Waals surface area contributed by atoms with Crippen LogP contribution in [0, 0.1) is 0 Å². The summed E-state index contributed by atoms with van der Waals surface area (Å²) < 4.78 is 0. The van der Waals surface area contributed by atoms with E-state index in [0.29, 0.717) is 6.42 Å². The van der Waals surface area contributed by atoms with Crippen LogP contribution in [-0.2, 0) is 0 Å². The molecule has 0 spiro atoms. The normalized spacial score (nSPS) is 10.9. The first-order chi connectivity index (χ1) is 10.3. The molecule has 1 aromatic carbocycles. The molecule has 2 heteroatoms. The van der Waals surface area contributed by atoms with E-state index in [-0.39, 0.29) is 5.78 Å². The van der Waals surface area contributed by atoms with Gasteiger partial charge in [-0.1, -0.05) is 63.6 Å². The van der Waals surface area contributed by atoms with Crippen LogP contribution < -0.4 is 0 Å². The van der Waals surface area contributed by atoms with Gasteiger partial charge >= 0.3 is 0 Å². The summed E-state index contributed by atoms with van der Waals surface area (Å²) in [5.41, 5.74) is 0.826. The maximum atomic E-state index is 12.4. The van der Waals surface area contributed by atoms with Gasteiger partial charge in [0.1, 0.15) is 0 Å². The second-order valence-corrected chi connectivity index (χ2v) is 5.70. The third kappa shape index (κ3) is 4.66. The lowest BCUT2D eigenvalue weighted by molar-refractivity contribution is 0.0980. The van der Waals surface area contributed by atoms with Gasteiger partial charge in [0.05, 0.1) is 0 Å². The molecule has 0 fully saturated rings. The predicted molar refractivity (Wildman–Crippen MR) is 88.7 cm³/mol. The highest BCUT2D eigenvalue weighted by atomic mass is 16.1. The first kappa shape index (κ1) is 15.7. The van der Waals surface area contributed by atoms with Crippen LogP contribution in [0.4, 0.5) is 0 Å². The van der Waals surface area contributed by atoms with Crippen molar-refractivity contribution in [1.29, 1.82) is 0 Å². The molecule has 2 nitrogen and oxygen atoms in total.